The summed E-state index contributed by atoms with van der Waals surface area (Å²) in [6.07, 6.45) is 8.92. The number of nitrogens with zero attached hydrogens (tertiary/aromatic N) is 2. The second kappa shape index (κ2) is 12.0. The van der Waals surface area contributed by atoms with E-state index in [9.17, 15) is 0 Å². The highest BCUT2D eigenvalue weighted by Gasteiger charge is 2.60. The summed E-state index contributed by atoms with van der Waals surface area (Å²) in [5.74, 6) is 0.924. The minimum absolute atomic E-state index is 0.0791. The van der Waals surface area contributed by atoms with Gasteiger partial charge in [0.2, 0.25) is 0 Å². The van der Waals surface area contributed by atoms with Gasteiger partial charge in [0, 0.05) is 27.6 Å². The van der Waals surface area contributed by atoms with Crippen LogP contribution in [0.25, 0.3) is 16.7 Å². The van der Waals surface area contributed by atoms with Crippen molar-refractivity contribution in [3.63, 3.8) is 0 Å². The third kappa shape index (κ3) is 5.45. The van der Waals surface area contributed by atoms with Gasteiger partial charge in [-0.1, -0.05) is 134 Å². The lowest BCUT2D eigenvalue weighted by molar-refractivity contribution is 0.314. The van der Waals surface area contributed by atoms with Crippen LogP contribution in [0.5, 0.6) is 0 Å². The first-order valence-electron chi connectivity index (χ1n) is 15.4. The predicted molar refractivity (Wildman–Crippen MR) is 188 cm³/mol. The van der Waals surface area contributed by atoms with Gasteiger partial charge < -0.3 is 5.32 Å². The van der Waals surface area contributed by atoms with Crippen LogP contribution in [0.3, 0.4) is 0 Å². The molecular formula is C40H34N4S. The molecule has 0 saturated carbocycles. The molecule has 5 atom stereocenters. The van der Waals surface area contributed by atoms with Gasteiger partial charge >= 0.3 is 0 Å². The van der Waals surface area contributed by atoms with Crippen molar-refractivity contribution in [2.45, 2.75) is 23.4 Å². The average Bonchev–Trinajstić information content (AvgIpc) is 3.68. The molecule has 8 rings (SSSR count). The van der Waals surface area contributed by atoms with Crippen LogP contribution in [0.15, 0.2) is 163 Å². The van der Waals surface area contributed by atoms with Crippen molar-refractivity contribution in [2.75, 3.05) is 11.1 Å². The first-order chi connectivity index (χ1) is 22.2. The van der Waals surface area contributed by atoms with Gasteiger partial charge in [-0.15, -0.1) is 11.8 Å². The maximum Gasteiger partial charge on any atom is 0.119 e. The average molecular weight is 603 g/mol. The zero-order valence-electron chi connectivity index (χ0n) is 24.9. The maximum atomic E-state index is 4.39. The predicted octanol–water partition coefficient (Wildman–Crippen LogP) is 9.86. The summed E-state index contributed by atoms with van der Waals surface area (Å²) in [5.41, 5.74) is 10.5. The molecule has 4 unspecified atom stereocenters. The van der Waals surface area contributed by atoms with Gasteiger partial charge in [0.25, 0.3) is 0 Å². The Bertz CT molecular complexity index is 1880. The Balaban J connectivity index is 1.11. The fourth-order valence-corrected chi connectivity index (χ4v) is 7.39. The molecule has 2 fully saturated rings. The van der Waals surface area contributed by atoms with Gasteiger partial charge in [-0.25, -0.2) is 0 Å². The van der Waals surface area contributed by atoms with Gasteiger partial charge in [0.1, 0.15) is 18.5 Å². The molecule has 3 heterocycles. The highest BCUT2D eigenvalue weighted by atomic mass is 32.2. The monoisotopic (exact) mass is 602 g/mol. The van der Waals surface area contributed by atoms with Gasteiger partial charge in [-0.05, 0) is 57.7 Å². The van der Waals surface area contributed by atoms with E-state index in [1.165, 1.54) is 32.7 Å². The number of hydrogen-bond acceptors (Lipinski definition) is 5. The minimum Gasteiger partial charge on any atom is -0.355 e. The number of thioether (sulfide) groups is 1. The van der Waals surface area contributed by atoms with Gasteiger partial charge in [-0.3, -0.25) is 5.32 Å². The van der Waals surface area contributed by atoms with E-state index in [0.29, 0.717) is 0 Å². The molecule has 3 aliphatic heterocycles. The largest absolute Gasteiger partial charge is 0.355 e. The van der Waals surface area contributed by atoms with E-state index in [0.717, 1.165) is 28.3 Å². The summed E-state index contributed by atoms with van der Waals surface area (Å²) in [5, 5.41) is 12.6. The molecular weight excluding hydrogens is 569 g/mol. The molecule has 0 spiro atoms. The molecule has 45 heavy (non-hydrogen) atoms. The lowest BCUT2D eigenvalue weighted by Crippen LogP contribution is -2.27. The van der Waals surface area contributed by atoms with E-state index in [-0.39, 0.29) is 18.5 Å². The summed E-state index contributed by atoms with van der Waals surface area (Å²) >= 11 is 1.85. The van der Waals surface area contributed by atoms with E-state index in [1.54, 1.807) is 0 Å². The molecule has 0 bridgehead atoms. The topological polar surface area (TPSA) is 30.1 Å². The summed E-state index contributed by atoms with van der Waals surface area (Å²) in [6, 6.07) is 45.6. The third-order valence-corrected chi connectivity index (χ3v) is 9.71. The molecule has 0 aliphatic carbocycles. The fourth-order valence-electron chi connectivity index (χ4n) is 6.46. The Hall–Kier alpha value is -4.65. The first kappa shape index (κ1) is 27.9. The van der Waals surface area contributed by atoms with Crippen LogP contribution >= 0.6 is 11.8 Å². The van der Waals surface area contributed by atoms with Gasteiger partial charge in [-0.2, -0.15) is 10.0 Å². The highest BCUT2D eigenvalue weighted by Crippen LogP contribution is 2.56. The smallest absolute Gasteiger partial charge is 0.119 e. The van der Waals surface area contributed by atoms with Crippen molar-refractivity contribution >= 4 is 28.7 Å². The Morgan fingerprint density at radius 1 is 0.667 bits per heavy atom. The van der Waals surface area contributed by atoms with Crippen molar-refractivity contribution in [2.24, 2.45) is 0 Å². The lowest BCUT2D eigenvalue weighted by atomic mass is 9.98. The Labute approximate surface area is 269 Å². The number of rotatable bonds is 6. The molecule has 5 aromatic rings. The van der Waals surface area contributed by atoms with Crippen LogP contribution in [0.1, 0.15) is 40.8 Å². The SMILES string of the molecule is C=C1/C=C\C=C/CSc2cc(-c3ccccc3)c(Nc3ccc(C4NC(c5ccccc5)N5C(c6ccccc6)[N@@]45)cc3)cc21. The zero-order valence-corrected chi connectivity index (χ0v) is 25.7. The third-order valence-electron chi connectivity index (χ3n) is 8.71. The number of nitrogens with one attached hydrogen (secondary N) is 2. The summed E-state index contributed by atoms with van der Waals surface area (Å²) in [4.78, 5) is 1.24. The maximum absolute atomic E-state index is 4.39. The minimum atomic E-state index is 0.0791. The van der Waals surface area contributed by atoms with Crippen molar-refractivity contribution in [1.82, 2.24) is 15.3 Å². The van der Waals surface area contributed by atoms with Gasteiger partial charge in [0.15, 0.2) is 0 Å². The molecule has 220 valence electrons. The van der Waals surface area contributed by atoms with Crippen LogP contribution in [0.2, 0.25) is 0 Å². The normalized spacial score (nSPS) is 24.8. The Morgan fingerprint density at radius 3 is 1.98 bits per heavy atom. The van der Waals surface area contributed by atoms with Crippen molar-refractivity contribution in [3.8, 4) is 11.1 Å². The van der Waals surface area contributed by atoms with Gasteiger partial charge in [0.05, 0.1) is 0 Å². The number of hydrogen-bond donors (Lipinski definition) is 2. The molecule has 5 heteroatoms. The molecule has 0 aromatic heterocycles. The van der Waals surface area contributed by atoms with Crippen LogP contribution < -0.4 is 10.6 Å². The number of hydrazine groups is 1. The molecule has 4 nitrogen and oxygen atoms in total. The number of allylic oxidation sites excluding steroid dienone is 4. The first-order valence-corrected chi connectivity index (χ1v) is 16.4. The molecule has 3 aliphatic rings. The van der Waals surface area contributed by atoms with Crippen molar-refractivity contribution in [1.29, 1.82) is 0 Å². The van der Waals surface area contributed by atoms with E-state index in [4.69, 9.17) is 0 Å². The number of benzene rings is 5. The Morgan fingerprint density at radius 2 is 1.29 bits per heavy atom. The number of fused-ring (bicyclic) bond motifs is 2. The van der Waals surface area contributed by atoms with Crippen molar-refractivity contribution < 1.29 is 0 Å². The second-order valence-electron chi connectivity index (χ2n) is 11.6. The zero-order chi connectivity index (χ0) is 30.2. The number of anilines is 2. The summed E-state index contributed by atoms with van der Waals surface area (Å²) in [7, 11) is 0. The lowest BCUT2D eigenvalue weighted by Gasteiger charge is -2.21. The summed E-state index contributed by atoms with van der Waals surface area (Å²) in [6.45, 7) is 4.39. The quantitative estimate of drug-likeness (QED) is 0.189. The van der Waals surface area contributed by atoms with E-state index in [2.05, 4.69) is 179 Å². The highest BCUT2D eigenvalue weighted by molar-refractivity contribution is 7.99. The van der Waals surface area contributed by atoms with Crippen LogP contribution in [-0.4, -0.2) is 15.8 Å². The molecule has 2 saturated heterocycles. The van der Waals surface area contributed by atoms with E-state index < -0.39 is 0 Å². The Kier molecular flexibility index (Phi) is 7.45. The standard InChI is InChI=1S/C40H34N4S/c1-28-14-6-5-13-25-45-37-27-35(29-15-7-2-8-16-29)36(26-34(28)37)41-33-23-21-31(22-24-33)39-42-38(30-17-9-3-10-18-30)43-40(44(39)43)32-19-11-4-12-20-32/h2-24,26-27,38-42H,1,25H2/b13-5-,14-6-/t38?,39?,40?,43?,44-/m1/s1. The van der Waals surface area contributed by atoms with Crippen LogP contribution in [0, 0.1) is 0 Å². The van der Waals surface area contributed by atoms with E-state index in [1.807, 2.05) is 11.8 Å². The van der Waals surface area contributed by atoms with Crippen LogP contribution in [-0.2, 0) is 0 Å². The summed E-state index contributed by atoms with van der Waals surface area (Å²) < 4.78 is 0. The molecule has 5 aromatic carbocycles. The van der Waals surface area contributed by atoms with Crippen LogP contribution in [0.4, 0.5) is 11.4 Å². The second-order valence-corrected chi connectivity index (χ2v) is 12.6. The molecule has 2 N–H and O–H groups in total. The molecule has 0 amide bonds. The van der Waals surface area contributed by atoms with Crippen molar-refractivity contribution in [3.05, 3.63) is 181 Å². The van der Waals surface area contributed by atoms with E-state index >= 15 is 0 Å². The molecule has 0 radical (unpaired) electrons. The fraction of sp³-hybridized carbons (Fsp3) is 0.100.